The van der Waals surface area contributed by atoms with Gasteiger partial charge >= 0.3 is 0 Å². The molecule has 1 aliphatic rings. The highest BCUT2D eigenvalue weighted by Crippen LogP contribution is 2.40. The zero-order valence-electron chi connectivity index (χ0n) is 18.1. The van der Waals surface area contributed by atoms with Crippen LogP contribution >= 0.6 is 0 Å². The monoisotopic (exact) mass is 437 g/mol. The molecule has 1 unspecified atom stereocenters. The van der Waals surface area contributed by atoms with Crippen LogP contribution in [0, 0.1) is 19.7 Å². The lowest BCUT2D eigenvalue weighted by molar-refractivity contribution is -0.123. The molecule has 1 amide bonds. The van der Waals surface area contributed by atoms with Crippen molar-refractivity contribution in [2.75, 3.05) is 20.3 Å². The van der Waals surface area contributed by atoms with Crippen molar-refractivity contribution in [3.63, 3.8) is 0 Å². The van der Waals surface area contributed by atoms with Gasteiger partial charge in [0, 0.05) is 23.7 Å². The number of hydrogen-bond donors (Lipinski definition) is 1. The lowest BCUT2D eigenvalue weighted by Gasteiger charge is -2.15. The van der Waals surface area contributed by atoms with Crippen LogP contribution in [0.5, 0.6) is 17.2 Å². The second-order valence-corrected chi connectivity index (χ2v) is 7.54. The third-order valence-electron chi connectivity index (χ3n) is 5.21. The number of rotatable bonds is 7. The van der Waals surface area contributed by atoms with Gasteiger partial charge in [0.05, 0.1) is 30.7 Å². The van der Waals surface area contributed by atoms with E-state index in [-0.39, 0.29) is 24.9 Å². The van der Waals surface area contributed by atoms with Gasteiger partial charge in [0.25, 0.3) is 5.91 Å². The van der Waals surface area contributed by atoms with E-state index in [0.29, 0.717) is 40.5 Å². The molecule has 32 heavy (non-hydrogen) atoms. The summed E-state index contributed by atoms with van der Waals surface area (Å²) in [7, 11) is 1.54. The van der Waals surface area contributed by atoms with E-state index in [1.807, 2.05) is 19.9 Å². The maximum Gasteiger partial charge on any atom is 0.258 e. The zero-order chi connectivity index (χ0) is 22.7. The third-order valence-corrected chi connectivity index (χ3v) is 5.21. The summed E-state index contributed by atoms with van der Waals surface area (Å²) in [6.45, 7) is 3.76. The SMILES string of the molecule is COc1ccccc1OCC(=O)NCC1Cc2c(F)ccc(-c3nc(C)cnc3C)c2O1. The largest absolute Gasteiger partial charge is 0.493 e. The molecular weight excluding hydrogens is 413 g/mol. The van der Waals surface area contributed by atoms with E-state index in [1.165, 1.54) is 13.2 Å². The van der Waals surface area contributed by atoms with Crippen LogP contribution in [-0.2, 0) is 11.2 Å². The van der Waals surface area contributed by atoms with Crippen LogP contribution in [0.1, 0.15) is 17.0 Å². The molecule has 1 aromatic heterocycles. The smallest absolute Gasteiger partial charge is 0.258 e. The predicted molar refractivity (Wildman–Crippen MR) is 117 cm³/mol. The molecule has 0 aliphatic carbocycles. The minimum absolute atomic E-state index is 0.169. The first-order valence-electron chi connectivity index (χ1n) is 10.3. The topological polar surface area (TPSA) is 82.6 Å². The van der Waals surface area contributed by atoms with Gasteiger partial charge in [0.15, 0.2) is 18.1 Å². The van der Waals surface area contributed by atoms with E-state index in [0.717, 1.165) is 11.4 Å². The van der Waals surface area contributed by atoms with Crippen LogP contribution in [0.3, 0.4) is 0 Å². The van der Waals surface area contributed by atoms with Crippen LogP contribution in [0.15, 0.2) is 42.6 Å². The van der Waals surface area contributed by atoms with Crippen molar-refractivity contribution < 1.29 is 23.4 Å². The van der Waals surface area contributed by atoms with Gasteiger partial charge in [-0.1, -0.05) is 12.1 Å². The quantitative estimate of drug-likeness (QED) is 0.610. The molecule has 1 atom stereocenters. The van der Waals surface area contributed by atoms with Crippen molar-refractivity contribution in [1.82, 2.24) is 15.3 Å². The minimum atomic E-state index is -0.395. The van der Waals surface area contributed by atoms with Gasteiger partial charge in [-0.2, -0.15) is 0 Å². The van der Waals surface area contributed by atoms with Crippen LogP contribution < -0.4 is 19.5 Å². The highest BCUT2D eigenvalue weighted by atomic mass is 19.1. The van der Waals surface area contributed by atoms with Crippen molar-refractivity contribution in [2.24, 2.45) is 0 Å². The van der Waals surface area contributed by atoms with Gasteiger partial charge in [-0.05, 0) is 38.1 Å². The van der Waals surface area contributed by atoms with Crippen molar-refractivity contribution in [3.8, 4) is 28.5 Å². The van der Waals surface area contributed by atoms with Gasteiger partial charge in [0.1, 0.15) is 17.7 Å². The maximum absolute atomic E-state index is 14.5. The Morgan fingerprint density at radius 1 is 1.22 bits per heavy atom. The number of methoxy groups -OCH3 is 1. The fourth-order valence-corrected chi connectivity index (χ4v) is 3.62. The Labute approximate surface area is 185 Å². The van der Waals surface area contributed by atoms with Crippen molar-refractivity contribution >= 4 is 5.91 Å². The summed E-state index contributed by atoms with van der Waals surface area (Å²) in [6, 6.07) is 10.2. The summed E-state index contributed by atoms with van der Waals surface area (Å²) in [5.74, 6) is 0.841. The molecule has 0 saturated heterocycles. The van der Waals surface area contributed by atoms with Crippen molar-refractivity contribution in [2.45, 2.75) is 26.4 Å². The van der Waals surface area contributed by atoms with Crippen molar-refractivity contribution in [1.29, 1.82) is 0 Å². The van der Waals surface area contributed by atoms with Gasteiger partial charge in [0.2, 0.25) is 0 Å². The first kappa shape index (κ1) is 21.5. The number of amides is 1. The van der Waals surface area contributed by atoms with Crippen LogP contribution in [-0.4, -0.2) is 42.2 Å². The molecule has 7 nitrogen and oxygen atoms in total. The summed E-state index contributed by atoms with van der Waals surface area (Å²) in [4.78, 5) is 21.2. The summed E-state index contributed by atoms with van der Waals surface area (Å²) in [5, 5.41) is 2.79. The molecule has 0 saturated carbocycles. The normalized spacial score (nSPS) is 14.4. The zero-order valence-corrected chi connectivity index (χ0v) is 18.1. The van der Waals surface area contributed by atoms with Crippen LogP contribution in [0.4, 0.5) is 4.39 Å². The molecule has 0 spiro atoms. The number of halogens is 1. The summed E-state index contributed by atoms with van der Waals surface area (Å²) >= 11 is 0. The standard InChI is InChI=1S/C24H24FN3O4/c1-14-11-26-15(2)23(28-14)17-8-9-19(25)18-10-16(32-24(17)18)12-27-22(29)13-31-21-7-5-4-6-20(21)30-3/h4-9,11,16H,10,12-13H2,1-3H3,(H,27,29). The number of nitrogens with zero attached hydrogens (tertiary/aromatic N) is 2. The van der Waals surface area contributed by atoms with Crippen LogP contribution in [0.25, 0.3) is 11.3 Å². The first-order valence-corrected chi connectivity index (χ1v) is 10.3. The van der Waals surface area contributed by atoms with E-state index in [9.17, 15) is 9.18 Å². The molecule has 4 rings (SSSR count). The number of fused-ring (bicyclic) bond motifs is 1. The number of nitrogens with one attached hydrogen (secondary N) is 1. The molecule has 0 bridgehead atoms. The second-order valence-electron chi connectivity index (χ2n) is 7.54. The van der Waals surface area contributed by atoms with Gasteiger partial charge in [-0.25, -0.2) is 9.37 Å². The highest BCUT2D eigenvalue weighted by molar-refractivity contribution is 5.77. The molecule has 1 N–H and O–H groups in total. The Morgan fingerprint density at radius 3 is 2.78 bits per heavy atom. The fraction of sp³-hybridized carbons (Fsp3) is 0.292. The van der Waals surface area contributed by atoms with E-state index in [2.05, 4.69) is 15.3 Å². The minimum Gasteiger partial charge on any atom is -0.493 e. The number of aryl methyl sites for hydroxylation is 2. The highest BCUT2D eigenvalue weighted by Gasteiger charge is 2.30. The lowest BCUT2D eigenvalue weighted by Crippen LogP contribution is -2.37. The number of para-hydroxylation sites is 2. The molecule has 0 radical (unpaired) electrons. The number of hydrogen-bond acceptors (Lipinski definition) is 6. The number of aromatic nitrogens is 2. The second kappa shape index (κ2) is 9.21. The molecular formula is C24H24FN3O4. The average molecular weight is 437 g/mol. The fourth-order valence-electron chi connectivity index (χ4n) is 3.62. The summed E-state index contributed by atoms with van der Waals surface area (Å²) < 4.78 is 31.3. The molecule has 3 aromatic rings. The Balaban J connectivity index is 1.40. The first-order chi connectivity index (χ1) is 15.5. The molecule has 8 heteroatoms. The van der Waals surface area contributed by atoms with E-state index < -0.39 is 6.10 Å². The number of carbonyl (C=O) groups is 1. The van der Waals surface area contributed by atoms with E-state index in [4.69, 9.17) is 14.2 Å². The Kier molecular flexibility index (Phi) is 6.20. The lowest BCUT2D eigenvalue weighted by atomic mass is 10.0. The number of carbonyl (C=O) groups excluding carboxylic acids is 1. The third kappa shape index (κ3) is 4.49. The molecule has 2 aromatic carbocycles. The van der Waals surface area contributed by atoms with E-state index in [1.54, 1.807) is 30.5 Å². The van der Waals surface area contributed by atoms with Gasteiger partial charge in [-0.3, -0.25) is 9.78 Å². The van der Waals surface area contributed by atoms with Gasteiger partial charge in [-0.15, -0.1) is 0 Å². The Bertz CT molecular complexity index is 1150. The summed E-state index contributed by atoms with van der Waals surface area (Å²) in [5.41, 5.74) is 3.34. The van der Waals surface area contributed by atoms with E-state index >= 15 is 0 Å². The maximum atomic E-state index is 14.5. The molecule has 1 aliphatic heterocycles. The van der Waals surface area contributed by atoms with Crippen LogP contribution in [0.2, 0.25) is 0 Å². The number of benzene rings is 2. The average Bonchev–Trinajstić information content (AvgIpc) is 3.24. The van der Waals surface area contributed by atoms with Crippen molar-refractivity contribution in [3.05, 3.63) is 65.4 Å². The Morgan fingerprint density at radius 2 is 2.00 bits per heavy atom. The molecule has 0 fully saturated rings. The predicted octanol–water partition coefficient (Wildman–Crippen LogP) is 3.41. The molecule has 166 valence electrons. The number of ether oxygens (including phenoxy) is 3. The molecule has 2 heterocycles. The van der Waals surface area contributed by atoms with Gasteiger partial charge < -0.3 is 19.5 Å². The summed E-state index contributed by atoms with van der Waals surface area (Å²) in [6.07, 6.45) is 1.64. The Hall–Kier alpha value is -3.68.